The number of halogens is 1. The predicted octanol–water partition coefficient (Wildman–Crippen LogP) is 4.48. The summed E-state index contributed by atoms with van der Waals surface area (Å²) in [6.07, 6.45) is 9.40. The molecule has 1 N–H and O–H groups in total. The number of aliphatic hydroxyl groups is 1. The third kappa shape index (κ3) is 4.19. The van der Waals surface area contributed by atoms with Crippen molar-refractivity contribution in [2.75, 3.05) is 24.7 Å². The number of rotatable bonds is 4. The Morgan fingerprint density at radius 1 is 1.10 bits per heavy atom. The van der Waals surface area contributed by atoms with E-state index in [0.717, 1.165) is 18.4 Å². The number of fused-ring (bicyclic) bond motifs is 2. The van der Waals surface area contributed by atoms with Gasteiger partial charge in [-0.25, -0.2) is 0 Å². The molecule has 2 amide bonds. The standard InChI is InChI=1S/C31H31ClN2O5S/c1-19-10-8-13-21(32)26(19)33-16-9-15-31-25(24-23(40-31)14-6-3-7-17-39-30(24)38)28(36)34(27(31)29(33)37)22(18-35)20-11-4-2-5-12-20/h2,4-6,8-15,22-25,27,35H,3,7,16-18H2,1H3/b14-6-/t22-,23-,24+,25+,27?,31+/m1/s1. The van der Waals surface area contributed by atoms with Gasteiger partial charge in [-0.15, -0.1) is 11.8 Å². The molecular weight excluding hydrogens is 548 g/mol. The van der Waals surface area contributed by atoms with E-state index in [4.69, 9.17) is 16.3 Å². The number of nitrogens with zero attached hydrogens (tertiary/aromatic N) is 2. The predicted molar refractivity (Wildman–Crippen MR) is 155 cm³/mol. The molecule has 2 aromatic carbocycles. The Labute approximate surface area is 242 Å². The van der Waals surface area contributed by atoms with Gasteiger partial charge in [0.05, 0.1) is 46.5 Å². The first kappa shape index (κ1) is 27.1. The molecule has 208 valence electrons. The summed E-state index contributed by atoms with van der Waals surface area (Å²) in [5, 5.41) is 10.8. The summed E-state index contributed by atoms with van der Waals surface area (Å²) < 4.78 is 4.62. The summed E-state index contributed by atoms with van der Waals surface area (Å²) in [6, 6.07) is 13.0. The van der Waals surface area contributed by atoms with E-state index in [-0.39, 0.29) is 36.8 Å². The number of allylic oxidation sites excluding steroid dienone is 1. The molecule has 1 unspecified atom stereocenters. The molecule has 6 atom stereocenters. The molecule has 7 nitrogen and oxygen atoms in total. The van der Waals surface area contributed by atoms with Gasteiger partial charge in [0.15, 0.2) is 0 Å². The van der Waals surface area contributed by atoms with Crippen molar-refractivity contribution in [3.8, 4) is 0 Å². The highest BCUT2D eigenvalue weighted by Gasteiger charge is 2.72. The number of ether oxygens (including phenoxy) is 1. The van der Waals surface area contributed by atoms with E-state index in [2.05, 4.69) is 0 Å². The average molecular weight is 579 g/mol. The number of benzene rings is 2. The van der Waals surface area contributed by atoms with E-state index < -0.39 is 34.6 Å². The number of aryl methyl sites for hydroxylation is 1. The van der Waals surface area contributed by atoms with Crippen molar-refractivity contribution in [2.24, 2.45) is 11.8 Å². The van der Waals surface area contributed by atoms with Gasteiger partial charge in [-0.05, 0) is 37.0 Å². The van der Waals surface area contributed by atoms with Crippen LogP contribution in [0.4, 0.5) is 5.69 Å². The summed E-state index contributed by atoms with van der Waals surface area (Å²) in [7, 11) is 0. The lowest BCUT2D eigenvalue weighted by molar-refractivity contribution is -0.153. The monoisotopic (exact) mass is 578 g/mol. The number of esters is 1. The molecule has 0 saturated carbocycles. The zero-order valence-electron chi connectivity index (χ0n) is 22.1. The molecule has 0 aromatic heterocycles. The van der Waals surface area contributed by atoms with Gasteiger partial charge in [0.25, 0.3) is 5.91 Å². The second-order valence-electron chi connectivity index (χ2n) is 10.7. The Morgan fingerprint density at radius 2 is 1.90 bits per heavy atom. The van der Waals surface area contributed by atoms with Gasteiger partial charge in [-0.2, -0.15) is 0 Å². The Hall–Kier alpha value is -3.07. The maximum absolute atomic E-state index is 14.8. The maximum Gasteiger partial charge on any atom is 0.311 e. The molecule has 2 aromatic rings. The number of cyclic esters (lactones) is 1. The largest absolute Gasteiger partial charge is 0.465 e. The zero-order valence-corrected chi connectivity index (χ0v) is 23.7. The van der Waals surface area contributed by atoms with Crippen molar-refractivity contribution in [3.63, 3.8) is 0 Å². The van der Waals surface area contributed by atoms with Crippen molar-refractivity contribution < 1.29 is 24.2 Å². The highest BCUT2D eigenvalue weighted by molar-refractivity contribution is 8.02. The van der Waals surface area contributed by atoms with Gasteiger partial charge in [-0.3, -0.25) is 14.4 Å². The molecule has 9 heteroatoms. The van der Waals surface area contributed by atoms with E-state index in [1.807, 2.05) is 73.7 Å². The normalized spacial score (nSPS) is 31.3. The van der Waals surface area contributed by atoms with Crippen LogP contribution >= 0.6 is 23.4 Å². The van der Waals surface area contributed by atoms with Crippen LogP contribution in [-0.4, -0.2) is 63.6 Å². The summed E-state index contributed by atoms with van der Waals surface area (Å²) in [5.41, 5.74) is 2.15. The number of hydrogen-bond acceptors (Lipinski definition) is 6. The maximum atomic E-state index is 14.8. The zero-order chi connectivity index (χ0) is 28.0. The molecule has 0 bridgehead atoms. The van der Waals surface area contributed by atoms with Crippen LogP contribution in [0.15, 0.2) is 72.8 Å². The van der Waals surface area contributed by atoms with Gasteiger partial charge >= 0.3 is 5.97 Å². The quantitative estimate of drug-likeness (QED) is 0.425. The average Bonchev–Trinajstić information content (AvgIpc) is 3.36. The van der Waals surface area contributed by atoms with E-state index >= 15 is 0 Å². The summed E-state index contributed by atoms with van der Waals surface area (Å²) >= 11 is 8.13. The second kappa shape index (κ2) is 10.7. The number of likely N-dealkylation sites (tertiary alicyclic amines) is 1. The van der Waals surface area contributed by atoms with Gasteiger partial charge in [0.1, 0.15) is 6.04 Å². The lowest BCUT2D eigenvalue weighted by Crippen LogP contribution is -2.54. The molecule has 0 radical (unpaired) electrons. The number of amides is 2. The number of thioether (sulfide) groups is 1. The van der Waals surface area contributed by atoms with Crippen molar-refractivity contribution in [2.45, 2.75) is 41.8 Å². The highest BCUT2D eigenvalue weighted by atomic mass is 35.5. The minimum Gasteiger partial charge on any atom is -0.465 e. The number of hydrogen-bond donors (Lipinski definition) is 1. The number of carbonyl (C=O) groups excluding carboxylic acids is 3. The lowest BCUT2D eigenvalue weighted by atomic mass is 9.78. The number of carbonyl (C=O) groups is 3. The summed E-state index contributed by atoms with van der Waals surface area (Å²) in [5.74, 6) is -2.60. The fourth-order valence-electron chi connectivity index (χ4n) is 6.72. The Morgan fingerprint density at radius 3 is 2.65 bits per heavy atom. The Kier molecular flexibility index (Phi) is 7.27. The van der Waals surface area contributed by atoms with E-state index in [9.17, 15) is 19.5 Å². The molecule has 6 rings (SSSR count). The van der Waals surface area contributed by atoms with Crippen molar-refractivity contribution >= 4 is 46.8 Å². The van der Waals surface area contributed by atoms with E-state index in [1.54, 1.807) is 11.0 Å². The second-order valence-corrected chi connectivity index (χ2v) is 12.6. The lowest BCUT2D eigenvalue weighted by Gasteiger charge is -2.39. The first-order valence-corrected chi connectivity index (χ1v) is 14.9. The van der Waals surface area contributed by atoms with E-state index in [1.165, 1.54) is 16.7 Å². The van der Waals surface area contributed by atoms with Crippen LogP contribution in [0.25, 0.3) is 0 Å². The molecule has 0 aliphatic carbocycles. The first-order chi connectivity index (χ1) is 19.4. The van der Waals surface area contributed by atoms with Crippen LogP contribution in [0.3, 0.4) is 0 Å². The fourth-order valence-corrected chi connectivity index (χ4v) is 9.04. The smallest absolute Gasteiger partial charge is 0.311 e. The van der Waals surface area contributed by atoms with Crippen molar-refractivity contribution in [1.82, 2.24) is 4.90 Å². The minimum atomic E-state index is -1.03. The SMILES string of the molecule is Cc1cccc(Cl)c1N1CC=C[C@]23S[C@@H]4/C=C\CCCOC(=O)[C@@H]4[C@H]2C(=O)N([C@H](CO)c2ccccc2)C3C1=O. The third-order valence-electron chi connectivity index (χ3n) is 8.44. The molecular formula is C31H31ClN2O5S. The van der Waals surface area contributed by atoms with Gasteiger partial charge in [0.2, 0.25) is 5.91 Å². The molecule has 2 saturated heterocycles. The van der Waals surface area contributed by atoms with Gasteiger partial charge in [-0.1, -0.05) is 78.4 Å². The minimum absolute atomic E-state index is 0.266. The number of anilines is 1. The van der Waals surface area contributed by atoms with E-state index in [0.29, 0.717) is 16.3 Å². The summed E-state index contributed by atoms with van der Waals surface area (Å²) in [6.45, 7) is 2.08. The molecule has 1 spiro atoms. The van der Waals surface area contributed by atoms with Crippen molar-refractivity contribution in [1.29, 1.82) is 0 Å². The molecule has 4 aliphatic rings. The van der Waals surface area contributed by atoms with Crippen LogP contribution in [0.5, 0.6) is 0 Å². The fraction of sp³-hybridized carbons (Fsp3) is 0.387. The molecule has 4 aliphatic heterocycles. The van der Waals surface area contributed by atoms with Crippen LogP contribution in [-0.2, 0) is 19.1 Å². The van der Waals surface area contributed by atoms with Crippen LogP contribution < -0.4 is 4.90 Å². The van der Waals surface area contributed by atoms with Gasteiger partial charge in [0, 0.05) is 11.8 Å². The molecule has 2 fully saturated rings. The topological polar surface area (TPSA) is 87.2 Å². The van der Waals surface area contributed by atoms with Crippen LogP contribution in [0.1, 0.15) is 30.0 Å². The Balaban J connectivity index is 1.54. The van der Waals surface area contributed by atoms with Crippen LogP contribution in [0, 0.1) is 18.8 Å². The first-order valence-electron chi connectivity index (χ1n) is 13.6. The van der Waals surface area contributed by atoms with Crippen molar-refractivity contribution in [3.05, 3.63) is 89.0 Å². The number of aliphatic hydroxyl groups excluding tert-OH is 1. The number of para-hydroxylation sites is 1. The third-order valence-corrected chi connectivity index (χ3v) is 10.5. The van der Waals surface area contributed by atoms with Gasteiger partial charge < -0.3 is 19.6 Å². The highest BCUT2D eigenvalue weighted by Crippen LogP contribution is 2.62. The molecule has 40 heavy (non-hydrogen) atoms. The van der Waals surface area contributed by atoms with Crippen LogP contribution in [0.2, 0.25) is 5.02 Å². The molecule has 4 heterocycles. The Bertz CT molecular complexity index is 1380. The summed E-state index contributed by atoms with van der Waals surface area (Å²) in [4.78, 5) is 46.0.